The van der Waals surface area contributed by atoms with E-state index in [2.05, 4.69) is 5.32 Å². The molecule has 0 amide bonds. The normalized spacial score (nSPS) is 25.3. The van der Waals surface area contributed by atoms with Gasteiger partial charge in [0.15, 0.2) is 0 Å². The van der Waals surface area contributed by atoms with E-state index in [-0.39, 0.29) is 18.0 Å². The van der Waals surface area contributed by atoms with Crippen molar-refractivity contribution in [2.45, 2.75) is 45.5 Å². The van der Waals surface area contributed by atoms with Gasteiger partial charge in [-0.25, -0.2) is 0 Å². The maximum absolute atomic E-state index is 12.6. The van der Waals surface area contributed by atoms with E-state index in [9.17, 15) is 13.2 Å². The predicted molar refractivity (Wildman–Crippen MR) is 69.2 cm³/mol. The van der Waals surface area contributed by atoms with Gasteiger partial charge in [-0.1, -0.05) is 6.92 Å². The lowest BCUT2D eigenvalue weighted by Gasteiger charge is -2.37. The zero-order valence-electron chi connectivity index (χ0n) is 12.0. The van der Waals surface area contributed by atoms with Crippen LogP contribution < -0.4 is 5.32 Å². The first-order valence-electron chi connectivity index (χ1n) is 6.95. The number of hydrogen-bond donors (Lipinski definition) is 1. The zero-order chi connectivity index (χ0) is 14.5. The predicted octanol–water partition coefficient (Wildman–Crippen LogP) is 2.27. The van der Waals surface area contributed by atoms with E-state index < -0.39 is 12.7 Å². The molecule has 114 valence electrons. The number of rotatable bonds is 6. The van der Waals surface area contributed by atoms with Gasteiger partial charge in [-0.3, -0.25) is 4.90 Å². The van der Waals surface area contributed by atoms with Crippen LogP contribution in [0.3, 0.4) is 0 Å². The Morgan fingerprint density at radius 3 is 2.58 bits per heavy atom. The first kappa shape index (κ1) is 16.7. The lowest BCUT2D eigenvalue weighted by atomic mass is 9.94. The molecule has 0 bridgehead atoms. The molecule has 1 aliphatic rings. The molecule has 2 atom stereocenters. The van der Waals surface area contributed by atoms with E-state index in [4.69, 9.17) is 4.74 Å². The number of nitrogens with one attached hydrogen (secondary N) is 1. The Balaban J connectivity index is 2.60. The van der Waals surface area contributed by atoms with Crippen molar-refractivity contribution < 1.29 is 17.9 Å². The van der Waals surface area contributed by atoms with Gasteiger partial charge in [0.1, 0.15) is 0 Å². The molecule has 1 heterocycles. The van der Waals surface area contributed by atoms with Crippen LogP contribution in [0.2, 0.25) is 0 Å². The Bertz CT molecular complexity index is 257. The van der Waals surface area contributed by atoms with Crippen LogP contribution in [0.4, 0.5) is 13.2 Å². The molecule has 19 heavy (non-hydrogen) atoms. The van der Waals surface area contributed by atoms with Gasteiger partial charge >= 0.3 is 6.18 Å². The maximum Gasteiger partial charge on any atom is 0.401 e. The summed E-state index contributed by atoms with van der Waals surface area (Å²) in [5.74, 6) is 0.124. The number of halogens is 3. The van der Waals surface area contributed by atoms with E-state index in [1.807, 2.05) is 6.92 Å². The molecule has 1 rings (SSSR count). The van der Waals surface area contributed by atoms with E-state index in [0.717, 1.165) is 13.0 Å². The fourth-order valence-corrected chi connectivity index (χ4v) is 2.50. The second kappa shape index (κ2) is 7.45. The van der Waals surface area contributed by atoms with Crippen molar-refractivity contribution in [1.29, 1.82) is 0 Å². The van der Waals surface area contributed by atoms with Crippen LogP contribution in [0.15, 0.2) is 0 Å². The summed E-state index contributed by atoms with van der Waals surface area (Å²) in [5, 5.41) is 3.35. The summed E-state index contributed by atoms with van der Waals surface area (Å²) in [6.45, 7) is 7.27. The van der Waals surface area contributed by atoms with E-state index >= 15 is 0 Å². The highest BCUT2D eigenvalue weighted by Crippen LogP contribution is 2.22. The Hall–Kier alpha value is -0.330. The molecule has 3 nitrogen and oxygen atoms in total. The molecular weight excluding hydrogens is 257 g/mol. The summed E-state index contributed by atoms with van der Waals surface area (Å²) in [6.07, 6.45) is -3.27. The van der Waals surface area contributed by atoms with Crippen molar-refractivity contribution in [3.63, 3.8) is 0 Å². The zero-order valence-corrected chi connectivity index (χ0v) is 12.0. The van der Waals surface area contributed by atoms with Crippen LogP contribution in [0.25, 0.3) is 0 Å². The van der Waals surface area contributed by atoms with E-state index in [0.29, 0.717) is 19.8 Å². The molecule has 0 aromatic carbocycles. The van der Waals surface area contributed by atoms with Crippen LogP contribution >= 0.6 is 0 Å². The SMILES string of the molecule is CCNC1CCOCC1CN(CC(F)(F)F)C(C)C. The van der Waals surface area contributed by atoms with Gasteiger partial charge in [0.2, 0.25) is 0 Å². The van der Waals surface area contributed by atoms with Crippen LogP contribution in [-0.4, -0.2) is 56.0 Å². The first-order valence-corrected chi connectivity index (χ1v) is 6.95. The van der Waals surface area contributed by atoms with E-state index in [1.54, 1.807) is 13.8 Å². The smallest absolute Gasteiger partial charge is 0.381 e. The number of hydrogen-bond acceptors (Lipinski definition) is 3. The van der Waals surface area contributed by atoms with Gasteiger partial charge in [0, 0.05) is 31.2 Å². The molecule has 0 radical (unpaired) electrons. The third-order valence-corrected chi connectivity index (χ3v) is 3.52. The van der Waals surface area contributed by atoms with Gasteiger partial charge in [0.05, 0.1) is 13.2 Å². The summed E-state index contributed by atoms with van der Waals surface area (Å²) < 4.78 is 43.2. The highest BCUT2D eigenvalue weighted by atomic mass is 19.4. The summed E-state index contributed by atoms with van der Waals surface area (Å²) in [4.78, 5) is 1.49. The first-order chi connectivity index (χ1) is 8.83. The van der Waals surface area contributed by atoms with Crippen molar-refractivity contribution >= 4 is 0 Å². The minimum atomic E-state index is -4.15. The van der Waals surface area contributed by atoms with Crippen molar-refractivity contribution in [3.05, 3.63) is 0 Å². The summed E-state index contributed by atoms with van der Waals surface area (Å²) in [6, 6.07) is 0.138. The molecule has 1 fully saturated rings. The Labute approximate surface area is 113 Å². The topological polar surface area (TPSA) is 24.5 Å². The van der Waals surface area contributed by atoms with Crippen molar-refractivity contribution in [2.75, 3.05) is 32.8 Å². The minimum absolute atomic E-state index is 0.120. The molecule has 0 aromatic heterocycles. The molecule has 0 aromatic rings. The van der Waals surface area contributed by atoms with Crippen molar-refractivity contribution in [2.24, 2.45) is 5.92 Å². The summed E-state index contributed by atoms with van der Waals surface area (Å²) >= 11 is 0. The second-order valence-electron chi connectivity index (χ2n) is 5.43. The third-order valence-electron chi connectivity index (χ3n) is 3.52. The van der Waals surface area contributed by atoms with Crippen LogP contribution in [0.1, 0.15) is 27.2 Å². The average molecular weight is 282 g/mol. The van der Waals surface area contributed by atoms with Gasteiger partial charge in [-0.05, 0) is 26.8 Å². The number of ether oxygens (including phenoxy) is 1. The largest absolute Gasteiger partial charge is 0.401 e. The molecule has 1 saturated heterocycles. The lowest BCUT2D eigenvalue weighted by molar-refractivity contribution is -0.153. The second-order valence-corrected chi connectivity index (χ2v) is 5.43. The molecule has 1 N–H and O–H groups in total. The third kappa shape index (κ3) is 6.10. The number of alkyl halides is 3. The average Bonchev–Trinajstić information content (AvgIpc) is 2.29. The van der Waals surface area contributed by atoms with Crippen LogP contribution in [0, 0.1) is 5.92 Å². The molecular formula is C13H25F3N2O. The monoisotopic (exact) mass is 282 g/mol. The highest BCUT2D eigenvalue weighted by Gasteiger charge is 2.34. The fraction of sp³-hybridized carbons (Fsp3) is 1.00. The van der Waals surface area contributed by atoms with Crippen LogP contribution in [-0.2, 0) is 4.74 Å². The lowest BCUT2D eigenvalue weighted by Crippen LogP contribution is -2.50. The number of nitrogens with zero attached hydrogens (tertiary/aromatic N) is 1. The van der Waals surface area contributed by atoms with Gasteiger partial charge in [-0.15, -0.1) is 0 Å². The van der Waals surface area contributed by atoms with Gasteiger partial charge in [0.25, 0.3) is 0 Å². The summed E-state index contributed by atoms with van der Waals surface area (Å²) in [7, 11) is 0. The van der Waals surface area contributed by atoms with E-state index in [1.165, 1.54) is 4.90 Å². The van der Waals surface area contributed by atoms with Crippen molar-refractivity contribution in [1.82, 2.24) is 10.2 Å². The molecule has 2 unspecified atom stereocenters. The molecule has 0 aliphatic carbocycles. The summed E-state index contributed by atoms with van der Waals surface area (Å²) in [5.41, 5.74) is 0. The molecule has 0 saturated carbocycles. The molecule has 0 spiro atoms. The maximum atomic E-state index is 12.6. The minimum Gasteiger partial charge on any atom is -0.381 e. The standard InChI is InChI=1S/C13H25F3N2O/c1-4-17-12-5-6-19-8-11(12)7-18(10(2)3)9-13(14,15)16/h10-12,17H,4-9H2,1-3H3. The van der Waals surface area contributed by atoms with Crippen LogP contribution in [0.5, 0.6) is 0 Å². The highest BCUT2D eigenvalue weighted by molar-refractivity contribution is 4.83. The quantitative estimate of drug-likeness (QED) is 0.809. The molecule has 6 heteroatoms. The van der Waals surface area contributed by atoms with Gasteiger partial charge in [-0.2, -0.15) is 13.2 Å². The van der Waals surface area contributed by atoms with Crippen molar-refractivity contribution in [3.8, 4) is 0 Å². The molecule has 1 aliphatic heterocycles. The Morgan fingerprint density at radius 2 is 2.05 bits per heavy atom. The Kier molecular flexibility index (Phi) is 6.56. The Morgan fingerprint density at radius 1 is 1.37 bits per heavy atom. The fourth-order valence-electron chi connectivity index (χ4n) is 2.50. The van der Waals surface area contributed by atoms with Gasteiger partial charge < -0.3 is 10.1 Å².